The Morgan fingerprint density at radius 1 is 0.967 bits per heavy atom. The normalized spacial score (nSPS) is 13.0. The van der Waals surface area contributed by atoms with Gasteiger partial charge in [-0.05, 0) is 67.1 Å². The molecule has 0 saturated carbocycles. The average Bonchev–Trinajstić information content (AvgIpc) is 2.83. The van der Waals surface area contributed by atoms with Crippen molar-refractivity contribution in [2.45, 2.75) is 11.8 Å². The first kappa shape index (κ1) is 19.8. The summed E-state index contributed by atoms with van der Waals surface area (Å²) in [5.74, 6) is 1.19. The Bertz CT molecular complexity index is 1240. The lowest BCUT2D eigenvalue weighted by molar-refractivity contribution is 0.0993. The van der Waals surface area contributed by atoms with Crippen molar-refractivity contribution in [1.82, 2.24) is 0 Å². The molecule has 1 aliphatic heterocycles. The summed E-state index contributed by atoms with van der Waals surface area (Å²) < 4.78 is 39.0. The molecule has 154 valence electrons. The Hall–Kier alpha value is -3.52. The van der Waals surface area contributed by atoms with Crippen LogP contribution in [0.1, 0.15) is 15.9 Å². The number of amides is 1. The topological polar surface area (TPSA) is 84.9 Å². The summed E-state index contributed by atoms with van der Waals surface area (Å²) in [5.41, 5.74) is 2.17. The Labute approximate surface area is 174 Å². The van der Waals surface area contributed by atoms with Crippen LogP contribution in [0, 0.1) is 6.92 Å². The number of sulfonamides is 1. The highest BCUT2D eigenvalue weighted by molar-refractivity contribution is 7.92. The Morgan fingerprint density at radius 3 is 2.40 bits per heavy atom. The van der Waals surface area contributed by atoms with Crippen molar-refractivity contribution in [3.63, 3.8) is 0 Å². The highest BCUT2D eigenvalue weighted by atomic mass is 32.2. The van der Waals surface area contributed by atoms with Gasteiger partial charge < -0.3 is 14.4 Å². The molecule has 8 heteroatoms. The maximum Gasteiger partial charge on any atom is 0.261 e. The molecule has 7 nitrogen and oxygen atoms in total. The number of ether oxygens (including phenoxy) is 2. The lowest BCUT2D eigenvalue weighted by Crippen LogP contribution is -2.25. The number of hydrogen-bond acceptors (Lipinski definition) is 5. The Morgan fingerprint density at radius 2 is 1.70 bits per heavy atom. The van der Waals surface area contributed by atoms with Crippen LogP contribution in [0.4, 0.5) is 11.4 Å². The van der Waals surface area contributed by atoms with Crippen LogP contribution in [-0.2, 0) is 10.0 Å². The molecule has 0 fully saturated rings. The van der Waals surface area contributed by atoms with Gasteiger partial charge in [0.1, 0.15) is 11.5 Å². The standard InChI is InChI=1S/C22H20N2O5S/c1-14-4-10-19-21(12-14)29-20-11-5-15(13-18(20)22(25)24(19)2)23-30(26,27)17-8-6-16(28-3)7-9-17/h4-13,23H,1-3H3. The largest absolute Gasteiger partial charge is 0.497 e. The number of rotatable bonds is 4. The average molecular weight is 424 g/mol. The second-order valence-corrected chi connectivity index (χ2v) is 8.61. The second kappa shape index (κ2) is 7.38. The molecule has 1 heterocycles. The molecule has 1 N–H and O–H groups in total. The molecular weight excluding hydrogens is 404 g/mol. The minimum atomic E-state index is -3.84. The summed E-state index contributed by atoms with van der Waals surface area (Å²) in [4.78, 5) is 14.6. The number of methoxy groups -OCH3 is 1. The number of anilines is 2. The van der Waals surface area contributed by atoms with E-state index in [9.17, 15) is 13.2 Å². The molecule has 0 bridgehead atoms. The third-order valence-corrected chi connectivity index (χ3v) is 6.23. The van der Waals surface area contributed by atoms with Crippen LogP contribution >= 0.6 is 0 Å². The minimum absolute atomic E-state index is 0.0841. The van der Waals surface area contributed by atoms with Gasteiger partial charge in [0.2, 0.25) is 0 Å². The molecule has 0 unspecified atom stereocenters. The van der Waals surface area contributed by atoms with E-state index in [0.717, 1.165) is 5.56 Å². The number of nitrogens with zero attached hydrogens (tertiary/aromatic N) is 1. The highest BCUT2D eigenvalue weighted by Crippen LogP contribution is 2.39. The van der Waals surface area contributed by atoms with Crippen molar-refractivity contribution in [3.05, 3.63) is 71.8 Å². The number of nitrogens with one attached hydrogen (secondary N) is 1. The smallest absolute Gasteiger partial charge is 0.261 e. The molecule has 30 heavy (non-hydrogen) atoms. The number of hydrogen-bond donors (Lipinski definition) is 1. The van der Waals surface area contributed by atoms with Crippen LogP contribution in [0.15, 0.2) is 65.6 Å². The van der Waals surface area contributed by atoms with Crippen LogP contribution in [0.3, 0.4) is 0 Å². The van der Waals surface area contributed by atoms with E-state index in [-0.39, 0.29) is 22.1 Å². The SMILES string of the molecule is COc1ccc(S(=O)(=O)Nc2ccc3c(c2)C(=O)N(C)c2ccc(C)cc2O3)cc1. The first-order valence-corrected chi connectivity index (χ1v) is 10.6. The fraction of sp³-hybridized carbons (Fsp3) is 0.136. The monoisotopic (exact) mass is 424 g/mol. The van der Waals surface area contributed by atoms with Gasteiger partial charge >= 0.3 is 0 Å². The molecule has 3 aromatic carbocycles. The van der Waals surface area contributed by atoms with Crippen LogP contribution < -0.4 is 19.1 Å². The van der Waals surface area contributed by atoms with Crippen LogP contribution in [0.5, 0.6) is 17.2 Å². The highest BCUT2D eigenvalue weighted by Gasteiger charge is 2.26. The maximum atomic E-state index is 13.0. The van der Waals surface area contributed by atoms with Crippen LogP contribution in [-0.4, -0.2) is 28.5 Å². The summed E-state index contributed by atoms with van der Waals surface area (Å²) in [7, 11) is -0.672. The number of fused-ring (bicyclic) bond motifs is 2. The molecule has 4 rings (SSSR count). The predicted molar refractivity (Wildman–Crippen MR) is 114 cm³/mol. The summed E-state index contributed by atoms with van der Waals surface area (Å²) in [6.45, 7) is 1.94. The summed E-state index contributed by atoms with van der Waals surface area (Å²) >= 11 is 0. The molecular formula is C22H20N2O5S. The van der Waals surface area contributed by atoms with Gasteiger partial charge in [-0.15, -0.1) is 0 Å². The fourth-order valence-corrected chi connectivity index (χ4v) is 4.26. The van der Waals surface area contributed by atoms with Gasteiger partial charge in [-0.2, -0.15) is 0 Å². The molecule has 0 spiro atoms. The van der Waals surface area contributed by atoms with E-state index in [1.54, 1.807) is 31.3 Å². The van der Waals surface area contributed by atoms with Gasteiger partial charge in [0.25, 0.3) is 15.9 Å². The number of carbonyl (C=O) groups excluding carboxylic acids is 1. The lowest BCUT2D eigenvalue weighted by Gasteiger charge is -2.16. The second-order valence-electron chi connectivity index (χ2n) is 6.93. The van der Waals surface area contributed by atoms with Gasteiger partial charge in [-0.1, -0.05) is 6.07 Å². The molecule has 0 aromatic heterocycles. The van der Waals surface area contributed by atoms with Gasteiger partial charge in [-0.3, -0.25) is 9.52 Å². The molecule has 1 aliphatic rings. The van der Waals surface area contributed by atoms with E-state index in [4.69, 9.17) is 9.47 Å². The third kappa shape index (κ3) is 3.57. The lowest BCUT2D eigenvalue weighted by atomic mass is 10.1. The van der Waals surface area contributed by atoms with E-state index >= 15 is 0 Å². The zero-order valence-electron chi connectivity index (χ0n) is 16.7. The first-order valence-electron chi connectivity index (χ1n) is 9.16. The van der Waals surface area contributed by atoms with E-state index in [0.29, 0.717) is 22.9 Å². The summed E-state index contributed by atoms with van der Waals surface area (Å²) in [6, 6.07) is 16.2. The van der Waals surface area contributed by atoms with E-state index in [2.05, 4.69) is 4.72 Å². The van der Waals surface area contributed by atoms with E-state index in [1.807, 2.05) is 25.1 Å². The minimum Gasteiger partial charge on any atom is -0.497 e. The maximum absolute atomic E-state index is 13.0. The zero-order chi connectivity index (χ0) is 21.5. The van der Waals surface area contributed by atoms with Gasteiger partial charge in [0, 0.05) is 12.7 Å². The number of aryl methyl sites for hydroxylation is 1. The van der Waals surface area contributed by atoms with Crippen molar-refractivity contribution >= 4 is 27.3 Å². The van der Waals surface area contributed by atoms with Crippen molar-refractivity contribution in [2.24, 2.45) is 0 Å². The molecule has 0 saturated heterocycles. The van der Waals surface area contributed by atoms with Crippen molar-refractivity contribution in [3.8, 4) is 17.2 Å². The van der Waals surface area contributed by atoms with Gasteiger partial charge in [-0.25, -0.2) is 8.42 Å². The quantitative estimate of drug-likeness (QED) is 0.679. The third-order valence-electron chi connectivity index (χ3n) is 4.83. The Kier molecular flexibility index (Phi) is 4.87. The summed E-state index contributed by atoms with van der Waals surface area (Å²) in [5, 5.41) is 0. The molecule has 0 radical (unpaired) electrons. The number of carbonyl (C=O) groups is 1. The fourth-order valence-electron chi connectivity index (χ4n) is 3.21. The molecule has 3 aromatic rings. The van der Waals surface area contributed by atoms with Crippen LogP contribution in [0.2, 0.25) is 0 Å². The van der Waals surface area contributed by atoms with Crippen molar-refractivity contribution in [1.29, 1.82) is 0 Å². The van der Waals surface area contributed by atoms with Crippen LogP contribution in [0.25, 0.3) is 0 Å². The van der Waals surface area contributed by atoms with Crippen molar-refractivity contribution in [2.75, 3.05) is 23.8 Å². The van der Waals surface area contributed by atoms with Gasteiger partial charge in [0.15, 0.2) is 5.75 Å². The summed E-state index contributed by atoms with van der Waals surface area (Å²) in [6.07, 6.45) is 0. The number of benzene rings is 3. The first-order chi connectivity index (χ1) is 14.3. The van der Waals surface area contributed by atoms with Gasteiger partial charge in [0.05, 0.1) is 23.3 Å². The zero-order valence-corrected chi connectivity index (χ0v) is 17.5. The Balaban J connectivity index is 1.68. The molecule has 1 amide bonds. The predicted octanol–water partition coefficient (Wildman–Crippen LogP) is 4.19. The molecule has 0 aliphatic carbocycles. The van der Waals surface area contributed by atoms with E-state index in [1.165, 1.54) is 30.2 Å². The van der Waals surface area contributed by atoms with E-state index < -0.39 is 10.0 Å². The van der Waals surface area contributed by atoms with Crippen molar-refractivity contribution < 1.29 is 22.7 Å². The molecule has 0 atom stereocenters.